The number of nitrogens with one attached hydrogen (secondary N) is 2. The van der Waals surface area contributed by atoms with Gasteiger partial charge in [0.1, 0.15) is 11.2 Å². The number of rotatable bonds is 4. The maximum absolute atomic E-state index is 14.5. The maximum Gasteiger partial charge on any atom is 0.573 e. The van der Waals surface area contributed by atoms with Crippen molar-refractivity contribution in [1.82, 2.24) is 20.3 Å². The number of aromatic amines is 1. The molecule has 0 unspecified atom stereocenters. The molecule has 2 aromatic heterocycles. The van der Waals surface area contributed by atoms with E-state index in [1.165, 1.54) is 30.7 Å². The first-order chi connectivity index (χ1) is 15.2. The lowest BCUT2D eigenvalue weighted by Gasteiger charge is -2.38. The minimum atomic E-state index is -5.07. The lowest BCUT2D eigenvalue weighted by Crippen LogP contribution is -2.50. The van der Waals surface area contributed by atoms with Crippen LogP contribution in [0.2, 0.25) is 0 Å². The Morgan fingerprint density at radius 2 is 1.97 bits per heavy atom. The Bertz CT molecular complexity index is 1210. The molecule has 1 amide bonds. The minimum Gasteiger partial charge on any atom is -0.476 e. The van der Waals surface area contributed by atoms with Crippen LogP contribution in [0.1, 0.15) is 28.0 Å². The average molecular weight is 450 g/mol. The predicted octanol–water partition coefficient (Wildman–Crippen LogP) is 2.66. The van der Waals surface area contributed by atoms with Crippen LogP contribution in [0.5, 0.6) is 11.6 Å². The second kappa shape index (κ2) is 7.94. The van der Waals surface area contributed by atoms with Crippen LogP contribution in [0.25, 0.3) is 0 Å². The lowest BCUT2D eigenvalue weighted by molar-refractivity contribution is -0.275. The Morgan fingerprint density at radius 1 is 1.19 bits per heavy atom. The van der Waals surface area contributed by atoms with E-state index in [-0.39, 0.29) is 35.7 Å². The van der Waals surface area contributed by atoms with E-state index in [0.29, 0.717) is 0 Å². The van der Waals surface area contributed by atoms with Gasteiger partial charge >= 0.3 is 6.36 Å². The number of fused-ring (bicyclic) bond motifs is 1. The SMILES string of the molecule is O=C(N[C@]1(c2ccc(OC(F)(F)F)c(F)c2)CCOc2nccnc21)c1ccc(=O)[nH]c1. The molecule has 0 radical (unpaired) electrons. The third-order valence-corrected chi connectivity index (χ3v) is 4.81. The van der Waals surface area contributed by atoms with Crippen LogP contribution in [0.3, 0.4) is 0 Å². The summed E-state index contributed by atoms with van der Waals surface area (Å²) in [4.78, 5) is 34.9. The lowest BCUT2D eigenvalue weighted by atomic mass is 9.81. The van der Waals surface area contributed by atoms with E-state index in [4.69, 9.17) is 4.74 Å². The standard InChI is InChI=1S/C20H14F4N4O4/c21-13-9-12(2-3-14(13)32-20(22,23)24)19(5-8-31-18-16(19)25-6-7-26-18)28-17(30)11-1-4-15(29)27-10-11/h1-4,6-7,9-10H,5,8H2,(H,27,29)(H,28,30)/t19-/m0/s1. The van der Waals surface area contributed by atoms with Crippen LogP contribution in [0.4, 0.5) is 17.6 Å². The van der Waals surface area contributed by atoms with Crippen molar-refractivity contribution in [2.45, 2.75) is 18.3 Å². The van der Waals surface area contributed by atoms with Crippen LogP contribution in [0, 0.1) is 5.82 Å². The second-order valence-electron chi connectivity index (χ2n) is 6.80. The Balaban J connectivity index is 1.81. The number of aromatic nitrogens is 3. The zero-order chi connectivity index (χ0) is 22.9. The highest BCUT2D eigenvalue weighted by Crippen LogP contribution is 2.41. The third kappa shape index (κ3) is 4.11. The monoisotopic (exact) mass is 450 g/mol. The summed E-state index contributed by atoms with van der Waals surface area (Å²) >= 11 is 0. The van der Waals surface area contributed by atoms with Crippen molar-refractivity contribution in [2.75, 3.05) is 6.61 Å². The minimum absolute atomic E-state index is 0.0556. The topological polar surface area (TPSA) is 106 Å². The number of halogens is 4. The van der Waals surface area contributed by atoms with Gasteiger partial charge in [-0.25, -0.2) is 9.37 Å². The zero-order valence-corrected chi connectivity index (χ0v) is 16.1. The highest BCUT2D eigenvalue weighted by atomic mass is 19.4. The fourth-order valence-electron chi connectivity index (χ4n) is 3.41. The fraction of sp³-hybridized carbons (Fsp3) is 0.200. The molecule has 0 aliphatic carbocycles. The molecule has 0 bridgehead atoms. The summed E-state index contributed by atoms with van der Waals surface area (Å²) < 4.78 is 61.3. The molecule has 4 rings (SSSR count). The zero-order valence-electron chi connectivity index (χ0n) is 16.1. The number of carbonyl (C=O) groups is 1. The Kier molecular flexibility index (Phi) is 5.28. The molecule has 1 atom stereocenters. The number of benzene rings is 1. The van der Waals surface area contributed by atoms with Crippen LogP contribution in [-0.4, -0.2) is 33.8 Å². The first kappa shape index (κ1) is 21.3. The van der Waals surface area contributed by atoms with Gasteiger partial charge in [0, 0.05) is 31.1 Å². The number of hydrogen-bond donors (Lipinski definition) is 2. The van der Waals surface area contributed by atoms with Crippen molar-refractivity contribution >= 4 is 5.91 Å². The quantitative estimate of drug-likeness (QED) is 0.592. The smallest absolute Gasteiger partial charge is 0.476 e. The first-order valence-corrected chi connectivity index (χ1v) is 9.19. The Labute approximate surface area is 177 Å². The van der Waals surface area contributed by atoms with Crippen molar-refractivity contribution < 1.29 is 31.8 Å². The molecule has 1 aromatic carbocycles. The van der Waals surface area contributed by atoms with Gasteiger partial charge in [-0.15, -0.1) is 13.2 Å². The van der Waals surface area contributed by atoms with Gasteiger partial charge in [0.2, 0.25) is 11.4 Å². The van der Waals surface area contributed by atoms with E-state index in [0.717, 1.165) is 18.2 Å². The number of alkyl halides is 3. The molecule has 12 heteroatoms. The third-order valence-electron chi connectivity index (χ3n) is 4.81. The van der Waals surface area contributed by atoms with E-state index in [1.807, 2.05) is 0 Å². The number of nitrogens with zero attached hydrogens (tertiary/aromatic N) is 2. The highest BCUT2D eigenvalue weighted by molar-refractivity contribution is 5.94. The van der Waals surface area contributed by atoms with Gasteiger partial charge in [-0.3, -0.25) is 14.6 Å². The van der Waals surface area contributed by atoms with E-state index >= 15 is 0 Å². The van der Waals surface area contributed by atoms with Gasteiger partial charge in [-0.2, -0.15) is 0 Å². The molecular weight excluding hydrogens is 436 g/mol. The Morgan fingerprint density at radius 3 is 2.66 bits per heavy atom. The normalized spacial score (nSPS) is 17.8. The van der Waals surface area contributed by atoms with Crippen LogP contribution in [0.15, 0.2) is 53.7 Å². The number of hydrogen-bond acceptors (Lipinski definition) is 6. The molecule has 0 fully saturated rings. The van der Waals surface area contributed by atoms with Crippen LogP contribution in [-0.2, 0) is 5.54 Å². The van der Waals surface area contributed by atoms with Gasteiger partial charge in [0.15, 0.2) is 11.6 Å². The van der Waals surface area contributed by atoms with Gasteiger partial charge in [0.25, 0.3) is 5.91 Å². The van der Waals surface area contributed by atoms with Crippen molar-refractivity contribution in [1.29, 1.82) is 0 Å². The van der Waals surface area contributed by atoms with Gasteiger partial charge < -0.3 is 19.8 Å². The van der Waals surface area contributed by atoms with Crippen LogP contribution >= 0.6 is 0 Å². The Hall–Kier alpha value is -3.96. The number of H-pyrrole nitrogens is 1. The summed E-state index contributed by atoms with van der Waals surface area (Å²) in [6.45, 7) is 0.0556. The van der Waals surface area contributed by atoms with Gasteiger partial charge in [-0.05, 0) is 23.8 Å². The first-order valence-electron chi connectivity index (χ1n) is 9.19. The highest BCUT2D eigenvalue weighted by Gasteiger charge is 2.44. The summed E-state index contributed by atoms with van der Waals surface area (Å²) in [6.07, 6.45) is -1.10. The molecule has 8 nitrogen and oxygen atoms in total. The molecular formula is C20H14F4N4O4. The summed E-state index contributed by atoms with van der Waals surface area (Å²) in [5, 5.41) is 2.76. The summed E-state index contributed by atoms with van der Waals surface area (Å²) in [7, 11) is 0. The molecule has 0 saturated carbocycles. The summed E-state index contributed by atoms with van der Waals surface area (Å²) in [5.41, 5.74) is -1.55. The molecule has 0 spiro atoms. The maximum atomic E-state index is 14.5. The van der Waals surface area contributed by atoms with E-state index in [1.54, 1.807) is 0 Å². The molecule has 0 saturated heterocycles. The largest absolute Gasteiger partial charge is 0.573 e. The fourth-order valence-corrected chi connectivity index (χ4v) is 3.41. The molecule has 32 heavy (non-hydrogen) atoms. The van der Waals surface area contributed by atoms with Crippen molar-refractivity contribution in [3.63, 3.8) is 0 Å². The average Bonchev–Trinajstić information content (AvgIpc) is 2.75. The number of carbonyl (C=O) groups excluding carboxylic acids is 1. The van der Waals surface area contributed by atoms with Gasteiger partial charge in [0.05, 0.1) is 12.2 Å². The number of pyridine rings is 1. The molecule has 1 aliphatic heterocycles. The van der Waals surface area contributed by atoms with Crippen molar-refractivity contribution in [2.24, 2.45) is 0 Å². The van der Waals surface area contributed by atoms with Gasteiger partial charge in [-0.1, -0.05) is 6.07 Å². The van der Waals surface area contributed by atoms with Crippen molar-refractivity contribution in [3.05, 3.63) is 81.9 Å². The second-order valence-corrected chi connectivity index (χ2v) is 6.80. The molecule has 1 aliphatic rings. The van der Waals surface area contributed by atoms with Crippen molar-refractivity contribution in [3.8, 4) is 11.6 Å². The number of ether oxygens (including phenoxy) is 2. The summed E-state index contributed by atoms with van der Waals surface area (Å²) in [5.74, 6) is -2.86. The van der Waals surface area contributed by atoms with E-state index in [9.17, 15) is 27.2 Å². The summed E-state index contributed by atoms with van der Waals surface area (Å²) in [6, 6.07) is 5.29. The molecule has 2 N–H and O–H groups in total. The molecule has 166 valence electrons. The predicted molar refractivity (Wildman–Crippen MR) is 101 cm³/mol. The van der Waals surface area contributed by atoms with Crippen LogP contribution < -0.4 is 20.3 Å². The van der Waals surface area contributed by atoms with E-state index in [2.05, 4.69) is 25.0 Å². The molecule has 3 heterocycles. The number of amides is 1. The molecule has 3 aromatic rings. The van der Waals surface area contributed by atoms with E-state index < -0.39 is 34.9 Å².